The van der Waals surface area contributed by atoms with Crippen molar-refractivity contribution < 1.29 is 19.7 Å². The third kappa shape index (κ3) is 1.58. The monoisotopic (exact) mass is 249 g/mol. The van der Waals surface area contributed by atoms with Crippen molar-refractivity contribution in [3.8, 4) is 11.5 Å². The lowest BCUT2D eigenvalue weighted by Gasteiger charge is -2.11. The second-order valence-electron chi connectivity index (χ2n) is 3.82. The van der Waals surface area contributed by atoms with Crippen molar-refractivity contribution in [1.82, 2.24) is 4.98 Å². The largest absolute Gasteiger partial charge is 0.506 e. The summed E-state index contributed by atoms with van der Waals surface area (Å²) in [6, 6.07) is 3.29. The minimum Gasteiger partial charge on any atom is -0.506 e. The van der Waals surface area contributed by atoms with Gasteiger partial charge in [-0.25, -0.2) is 4.79 Å². The maximum Gasteiger partial charge on any atom is 0.345 e. The highest BCUT2D eigenvalue weighted by atomic mass is 16.5. The van der Waals surface area contributed by atoms with E-state index in [9.17, 15) is 14.7 Å². The third-order valence-corrected chi connectivity index (χ3v) is 2.72. The highest BCUT2D eigenvalue weighted by Gasteiger charge is 2.21. The van der Waals surface area contributed by atoms with Crippen molar-refractivity contribution in [2.45, 2.75) is 6.92 Å². The normalized spacial score (nSPS) is 10.6. The first-order valence-electron chi connectivity index (χ1n) is 5.13. The molecule has 0 unspecified atom stereocenters. The number of carbonyl (C=O) groups is 1. The van der Waals surface area contributed by atoms with Crippen LogP contribution in [0.3, 0.4) is 0 Å². The van der Waals surface area contributed by atoms with Gasteiger partial charge < -0.3 is 19.9 Å². The molecule has 0 amide bonds. The predicted molar refractivity (Wildman–Crippen MR) is 64.5 cm³/mol. The molecule has 0 aliphatic heterocycles. The number of aromatic amines is 1. The van der Waals surface area contributed by atoms with Gasteiger partial charge in [-0.15, -0.1) is 0 Å². The van der Waals surface area contributed by atoms with Crippen LogP contribution in [-0.4, -0.2) is 28.3 Å². The zero-order valence-electron chi connectivity index (χ0n) is 9.77. The topological polar surface area (TPSA) is 99.6 Å². The number of benzene rings is 1. The van der Waals surface area contributed by atoms with Crippen LogP contribution in [0.1, 0.15) is 15.9 Å². The molecule has 1 aromatic heterocycles. The summed E-state index contributed by atoms with van der Waals surface area (Å²) in [5.74, 6) is -1.73. The van der Waals surface area contributed by atoms with Gasteiger partial charge >= 0.3 is 5.97 Å². The lowest BCUT2D eigenvalue weighted by molar-refractivity contribution is 0.0692. The van der Waals surface area contributed by atoms with Gasteiger partial charge in [0, 0.05) is 0 Å². The van der Waals surface area contributed by atoms with E-state index < -0.39 is 22.8 Å². The van der Waals surface area contributed by atoms with Gasteiger partial charge in [0.05, 0.1) is 18.0 Å². The number of carboxylic acids is 1. The molecule has 1 aromatic carbocycles. The number of fused-ring (bicyclic) bond motifs is 1. The van der Waals surface area contributed by atoms with Gasteiger partial charge in [-0.1, -0.05) is 6.07 Å². The molecule has 0 aliphatic carbocycles. The summed E-state index contributed by atoms with van der Waals surface area (Å²) in [7, 11) is 1.41. The first-order valence-corrected chi connectivity index (χ1v) is 5.13. The number of aryl methyl sites for hydroxylation is 1. The third-order valence-electron chi connectivity index (χ3n) is 2.72. The van der Waals surface area contributed by atoms with Gasteiger partial charge in [-0.05, 0) is 18.6 Å². The molecular weight excluding hydrogens is 238 g/mol. The Morgan fingerprint density at radius 1 is 1.39 bits per heavy atom. The minimum atomic E-state index is -1.49. The van der Waals surface area contributed by atoms with E-state index >= 15 is 0 Å². The smallest absolute Gasteiger partial charge is 0.345 e. The van der Waals surface area contributed by atoms with Crippen LogP contribution in [0.5, 0.6) is 11.5 Å². The number of nitrogens with one attached hydrogen (secondary N) is 1. The standard InChI is InChI=1S/C12H11NO5/c1-5-3-4-6-7(10(5)18-2)9(14)8(12(16)17)11(15)13-6/h3-4H,1-2H3,(H,16,17)(H2,13,14,15). The fourth-order valence-corrected chi connectivity index (χ4v) is 1.90. The van der Waals surface area contributed by atoms with E-state index in [1.807, 2.05) is 0 Å². The van der Waals surface area contributed by atoms with Crippen LogP contribution in [-0.2, 0) is 0 Å². The summed E-state index contributed by atoms with van der Waals surface area (Å²) in [5, 5.41) is 19.1. The van der Waals surface area contributed by atoms with Gasteiger partial charge in [0.25, 0.3) is 5.56 Å². The van der Waals surface area contributed by atoms with Crippen LogP contribution in [0.15, 0.2) is 16.9 Å². The molecular formula is C12H11NO5. The number of ether oxygens (including phenoxy) is 1. The van der Waals surface area contributed by atoms with E-state index in [1.165, 1.54) is 7.11 Å². The van der Waals surface area contributed by atoms with E-state index in [0.717, 1.165) is 5.56 Å². The number of aromatic nitrogens is 1. The molecule has 1 heterocycles. The Hall–Kier alpha value is -2.50. The molecule has 0 atom stereocenters. The van der Waals surface area contributed by atoms with Crippen molar-refractivity contribution in [2.24, 2.45) is 0 Å². The van der Waals surface area contributed by atoms with Crippen molar-refractivity contribution in [1.29, 1.82) is 0 Å². The summed E-state index contributed by atoms with van der Waals surface area (Å²) in [4.78, 5) is 24.9. The molecule has 3 N–H and O–H groups in total. The number of hydrogen-bond acceptors (Lipinski definition) is 4. The van der Waals surface area contributed by atoms with E-state index in [2.05, 4.69) is 4.98 Å². The maximum absolute atomic E-state index is 11.5. The van der Waals surface area contributed by atoms with Crippen LogP contribution in [0.4, 0.5) is 0 Å². The Bertz CT molecular complexity index is 702. The van der Waals surface area contributed by atoms with Crippen LogP contribution in [0.2, 0.25) is 0 Å². The van der Waals surface area contributed by atoms with E-state index in [4.69, 9.17) is 9.84 Å². The summed E-state index contributed by atoms with van der Waals surface area (Å²) >= 11 is 0. The Labute approximate surface area is 101 Å². The molecule has 0 fully saturated rings. The number of H-pyrrole nitrogens is 1. The van der Waals surface area contributed by atoms with Crippen LogP contribution < -0.4 is 10.3 Å². The van der Waals surface area contributed by atoms with Crippen LogP contribution in [0, 0.1) is 6.92 Å². The average molecular weight is 249 g/mol. The molecule has 0 radical (unpaired) electrons. The maximum atomic E-state index is 11.5. The molecule has 0 saturated carbocycles. The van der Waals surface area contributed by atoms with Gasteiger partial charge in [-0.2, -0.15) is 0 Å². The second kappa shape index (κ2) is 4.06. The molecule has 18 heavy (non-hydrogen) atoms. The Kier molecular flexibility index (Phi) is 2.70. The van der Waals surface area contributed by atoms with Gasteiger partial charge in [0.2, 0.25) is 0 Å². The Balaban J connectivity index is 3.03. The zero-order chi connectivity index (χ0) is 13.4. The number of rotatable bonds is 2. The highest BCUT2D eigenvalue weighted by molar-refractivity contribution is 6.01. The first kappa shape index (κ1) is 12.0. The van der Waals surface area contributed by atoms with Gasteiger partial charge in [-0.3, -0.25) is 4.79 Å². The van der Waals surface area contributed by atoms with Crippen molar-refractivity contribution in [3.05, 3.63) is 33.6 Å². The zero-order valence-corrected chi connectivity index (χ0v) is 9.77. The number of aromatic hydroxyl groups is 1. The minimum absolute atomic E-state index is 0.189. The van der Waals surface area contributed by atoms with Crippen molar-refractivity contribution in [3.63, 3.8) is 0 Å². The quantitative estimate of drug-likeness (QED) is 0.743. The molecule has 0 aliphatic rings. The number of carboxylic acid groups (broad SMARTS) is 1. The van der Waals surface area contributed by atoms with Gasteiger partial charge in [0.15, 0.2) is 5.56 Å². The Morgan fingerprint density at radius 2 is 2.06 bits per heavy atom. The number of hydrogen-bond donors (Lipinski definition) is 3. The molecule has 0 spiro atoms. The van der Waals surface area contributed by atoms with Crippen molar-refractivity contribution in [2.75, 3.05) is 7.11 Å². The summed E-state index contributed by atoms with van der Waals surface area (Å²) in [5.41, 5.74) is -0.488. The molecule has 2 rings (SSSR count). The average Bonchev–Trinajstić information content (AvgIpc) is 2.29. The SMILES string of the molecule is COc1c(C)ccc2[nH]c(=O)c(C(=O)O)c(O)c12. The first-order chi connectivity index (χ1) is 8.47. The van der Waals surface area contributed by atoms with E-state index in [0.29, 0.717) is 11.3 Å². The fourth-order valence-electron chi connectivity index (χ4n) is 1.90. The lowest BCUT2D eigenvalue weighted by Crippen LogP contribution is -2.17. The molecule has 2 aromatic rings. The second-order valence-corrected chi connectivity index (χ2v) is 3.82. The summed E-state index contributed by atoms with van der Waals surface area (Å²) in [6.07, 6.45) is 0. The molecule has 6 nitrogen and oxygen atoms in total. The molecule has 0 bridgehead atoms. The van der Waals surface area contributed by atoms with E-state index in [-0.39, 0.29) is 5.39 Å². The highest BCUT2D eigenvalue weighted by Crippen LogP contribution is 2.35. The number of pyridine rings is 1. The van der Waals surface area contributed by atoms with Gasteiger partial charge in [0.1, 0.15) is 11.5 Å². The lowest BCUT2D eigenvalue weighted by atomic mass is 10.1. The molecule has 94 valence electrons. The summed E-state index contributed by atoms with van der Waals surface area (Å²) in [6.45, 7) is 1.75. The van der Waals surface area contributed by atoms with Crippen LogP contribution in [0.25, 0.3) is 10.9 Å². The molecule has 0 saturated heterocycles. The predicted octanol–water partition coefficient (Wildman–Crippen LogP) is 1.25. The van der Waals surface area contributed by atoms with Crippen molar-refractivity contribution >= 4 is 16.9 Å². The number of methoxy groups -OCH3 is 1. The molecule has 6 heteroatoms. The summed E-state index contributed by atoms with van der Waals surface area (Å²) < 4.78 is 5.14. The van der Waals surface area contributed by atoms with Crippen LogP contribution >= 0.6 is 0 Å². The van der Waals surface area contributed by atoms with E-state index in [1.54, 1.807) is 19.1 Å². The Morgan fingerprint density at radius 3 is 2.61 bits per heavy atom. The fraction of sp³-hybridized carbons (Fsp3) is 0.167. The number of aromatic carboxylic acids is 1.